The van der Waals surface area contributed by atoms with Crippen LogP contribution < -0.4 is 20.3 Å². The van der Waals surface area contributed by atoms with E-state index in [-0.39, 0.29) is 30.6 Å². The number of para-hydroxylation sites is 2. The molecule has 1 fully saturated rings. The quantitative estimate of drug-likeness (QED) is 0.755. The van der Waals surface area contributed by atoms with Gasteiger partial charge in [-0.25, -0.2) is 0 Å². The minimum atomic E-state index is -0.523. The number of anilines is 1. The van der Waals surface area contributed by atoms with Crippen molar-refractivity contribution in [1.82, 2.24) is 15.5 Å². The third-order valence-corrected chi connectivity index (χ3v) is 4.60. The lowest BCUT2D eigenvalue weighted by Gasteiger charge is -2.32. The molecule has 1 saturated heterocycles. The molecule has 3 rings (SSSR count). The number of nitrogens with zero attached hydrogens (tertiary/aromatic N) is 2. The lowest BCUT2D eigenvalue weighted by molar-refractivity contribution is -0.125. The summed E-state index contributed by atoms with van der Waals surface area (Å²) in [6, 6.07) is 7.44. The topological polar surface area (TPSA) is 73.9 Å². The first-order chi connectivity index (χ1) is 12.1. The standard InChI is InChI=1S/C18H26N4O3.ClH/c1-14-18(24)22(15-4-2-3-5-16(15)25-14)10-6-17(23)20-9-13-21-11-7-19-8-12-21;/h2-5,14,19H,6-13H2,1H3,(H,20,23);1H. The smallest absolute Gasteiger partial charge is 0.267 e. The predicted molar refractivity (Wildman–Crippen MR) is 103 cm³/mol. The molecule has 2 aliphatic heterocycles. The highest BCUT2D eigenvalue weighted by Gasteiger charge is 2.31. The maximum Gasteiger partial charge on any atom is 0.267 e. The molecule has 8 heteroatoms. The summed E-state index contributed by atoms with van der Waals surface area (Å²) in [4.78, 5) is 28.5. The van der Waals surface area contributed by atoms with Crippen molar-refractivity contribution < 1.29 is 14.3 Å². The molecule has 2 N–H and O–H groups in total. The SMILES string of the molecule is CC1Oc2ccccc2N(CCC(=O)NCCN2CCNCC2)C1=O.Cl. The Balaban J connectivity index is 0.00000243. The van der Waals surface area contributed by atoms with E-state index in [1.54, 1.807) is 11.8 Å². The number of fused-ring (bicyclic) bond motifs is 1. The number of benzene rings is 1. The second-order valence-corrected chi connectivity index (χ2v) is 6.41. The Morgan fingerprint density at radius 3 is 2.77 bits per heavy atom. The second kappa shape index (κ2) is 9.75. The van der Waals surface area contributed by atoms with Crippen LogP contribution in [0.15, 0.2) is 24.3 Å². The molecular formula is C18H27ClN4O3. The molecule has 0 saturated carbocycles. The van der Waals surface area contributed by atoms with Crippen molar-refractivity contribution in [3.63, 3.8) is 0 Å². The van der Waals surface area contributed by atoms with E-state index in [1.807, 2.05) is 24.3 Å². The number of nitrogens with one attached hydrogen (secondary N) is 2. The molecule has 2 aliphatic rings. The van der Waals surface area contributed by atoms with Gasteiger partial charge in [0.25, 0.3) is 5.91 Å². The van der Waals surface area contributed by atoms with Crippen LogP contribution in [0.5, 0.6) is 5.75 Å². The third kappa shape index (κ3) is 5.09. The summed E-state index contributed by atoms with van der Waals surface area (Å²) < 4.78 is 5.61. The van der Waals surface area contributed by atoms with E-state index in [9.17, 15) is 9.59 Å². The molecule has 0 radical (unpaired) electrons. The van der Waals surface area contributed by atoms with Gasteiger partial charge < -0.3 is 20.3 Å². The van der Waals surface area contributed by atoms with Gasteiger partial charge in [0.15, 0.2) is 6.10 Å². The Morgan fingerprint density at radius 2 is 2.00 bits per heavy atom. The van der Waals surface area contributed by atoms with E-state index in [0.29, 0.717) is 18.8 Å². The summed E-state index contributed by atoms with van der Waals surface area (Å²) >= 11 is 0. The molecular weight excluding hydrogens is 356 g/mol. The zero-order chi connectivity index (χ0) is 17.6. The summed E-state index contributed by atoms with van der Waals surface area (Å²) in [6.45, 7) is 7.66. The lowest BCUT2D eigenvalue weighted by Crippen LogP contribution is -2.47. The zero-order valence-corrected chi connectivity index (χ0v) is 15.9. The van der Waals surface area contributed by atoms with Crippen molar-refractivity contribution in [2.45, 2.75) is 19.4 Å². The molecule has 144 valence electrons. The van der Waals surface area contributed by atoms with E-state index in [2.05, 4.69) is 15.5 Å². The van der Waals surface area contributed by atoms with Gasteiger partial charge in [0.05, 0.1) is 5.69 Å². The van der Waals surface area contributed by atoms with Crippen molar-refractivity contribution in [3.8, 4) is 5.75 Å². The highest BCUT2D eigenvalue weighted by Crippen LogP contribution is 2.33. The first-order valence-corrected chi connectivity index (χ1v) is 8.92. The van der Waals surface area contributed by atoms with Gasteiger partial charge in [0.1, 0.15) is 5.75 Å². The molecule has 1 aromatic rings. The van der Waals surface area contributed by atoms with Crippen LogP contribution in [-0.4, -0.2) is 68.6 Å². The van der Waals surface area contributed by atoms with Crippen molar-refractivity contribution in [3.05, 3.63) is 24.3 Å². The first kappa shape index (κ1) is 20.5. The molecule has 0 bridgehead atoms. The molecule has 2 heterocycles. The Hall–Kier alpha value is -1.83. The third-order valence-electron chi connectivity index (χ3n) is 4.60. The fraction of sp³-hybridized carbons (Fsp3) is 0.556. The van der Waals surface area contributed by atoms with Crippen LogP contribution >= 0.6 is 12.4 Å². The number of hydrogen-bond acceptors (Lipinski definition) is 5. The van der Waals surface area contributed by atoms with Crippen LogP contribution in [0.2, 0.25) is 0 Å². The molecule has 7 nitrogen and oxygen atoms in total. The Labute approximate surface area is 160 Å². The second-order valence-electron chi connectivity index (χ2n) is 6.41. The monoisotopic (exact) mass is 382 g/mol. The summed E-state index contributed by atoms with van der Waals surface area (Å²) in [5, 5.41) is 6.26. The summed E-state index contributed by atoms with van der Waals surface area (Å²) in [6.07, 6.45) is -0.236. The van der Waals surface area contributed by atoms with Gasteiger partial charge in [-0.2, -0.15) is 0 Å². The highest BCUT2D eigenvalue weighted by atomic mass is 35.5. The van der Waals surface area contributed by atoms with Gasteiger partial charge in [0.2, 0.25) is 5.91 Å². The van der Waals surface area contributed by atoms with Gasteiger partial charge in [-0.1, -0.05) is 12.1 Å². The van der Waals surface area contributed by atoms with Crippen molar-refractivity contribution in [2.24, 2.45) is 0 Å². The van der Waals surface area contributed by atoms with E-state index < -0.39 is 6.10 Å². The van der Waals surface area contributed by atoms with Crippen molar-refractivity contribution in [2.75, 3.05) is 50.7 Å². The van der Waals surface area contributed by atoms with Gasteiger partial charge in [-0.3, -0.25) is 14.5 Å². The molecule has 26 heavy (non-hydrogen) atoms. The first-order valence-electron chi connectivity index (χ1n) is 8.92. The maximum atomic E-state index is 12.4. The number of piperazine rings is 1. The van der Waals surface area contributed by atoms with Gasteiger partial charge in [-0.05, 0) is 19.1 Å². The number of amides is 2. The molecule has 1 aromatic carbocycles. The largest absolute Gasteiger partial charge is 0.479 e. The number of halogens is 1. The molecule has 1 unspecified atom stereocenters. The van der Waals surface area contributed by atoms with Crippen LogP contribution in [0.4, 0.5) is 5.69 Å². The van der Waals surface area contributed by atoms with Crippen LogP contribution in [0.3, 0.4) is 0 Å². The average molecular weight is 383 g/mol. The number of ether oxygens (including phenoxy) is 1. The Morgan fingerprint density at radius 1 is 1.27 bits per heavy atom. The van der Waals surface area contributed by atoms with E-state index in [1.165, 1.54) is 0 Å². The predicted octanol–water partition coefficient (Wildman–Crippen LogP) is 0.634. The molecule has 2 amide bonds. The molecule has 0 aliphatic carbocycles. The molecule has 0 aromatic heterocycles. The van der Waals surface area contributed by atoms with Crippen molar-refractivity contribution in [1.29, 1.82) is 0 Å². The van der Waals surface area contributed by atoms with Crippen molar-refractivity contribution >= 4 is 29.9 Å². The Kier molecular flexibility index (Phi) is 7.68. The summed E-state index contributed by atoms with van der Waals surface area (Å²) in [5.41, 5.74) is 0.735. The summed E-state index contributed by atoms with van der Waals surface area (Å²) in [5.74, 6) is 0.556. The van der Waals surface area contributed by atoms with E-state index >= 15 is 0 Å². The fourth-order valence-electron chi connectivity index (χ4n) is 3.18. The normalized spacial score (nSPS) is 20.0. The number of hydrogen-bond donors (Lipinski definition) is 2. The number of carbonyl (C=O) groups is 2. The van der Waals surface area contributed by atoms with Crippen LogP contribution in [-0.2, 0) is 9.59 Å². The zero-order valence-electron chi connectivity index (χ0n) is 15.1. The highest BCUT2D eigenvalue weighted by molar-refractivity contribution is 6.00. The van der Waals surface area contributed by atoms with Crippen LogP contribution in [0.25, 0.3) is 0 Å². The minimum Gasteiger partial charge on any atom is -0.479 e. The minimum absolute atomic E-state index is 0. The molecule has 0 spiro atoms. The van der Waals surface area contributed by atoms with Crippen LogP contribution in [0.1, 0.15) is 13.3 Å². The maximum absolute atomic E-state index is 12.4. The van der Waals surface area contributed by atoms with Crippen LogP contribution in [0, 0.1) is 0 Å². The van der Waals surface area contributed by atoms with Gasteiger partial charge >= 0.3 is 0 Å². The van der Waals surface area contributed by atoms with E-state index in [4.69, 9.17) is 4.74 Å². The number of rotatable bonds is 6. The summed E-state index contributed by atoms with van der Waals surface area (Å²) in [7, 11) is 0. The van der Waals surface area contributed by atoms with Gasteiger partial charge in [-0.15, -0.1) is 12.4 Å². The van der Waals surface area contributed by atoms with Gasteiger partial charge in [0, 0.05) is 52.2 Å². The lowest BCUT2D eigenvalue weighted by atomic mass is 10.1. The van der Waals surface area contributed by atoms with E-state index in [0.717, 1.165) is 38.4 Å². The molecule has 1 atom stereocenters. The fourth-order valence-corrected chi connectivity index (χ4v) is 3.18. The Bertz CT molecular complexity index is 622. The average Bonchev–Trinajstić information content (AvgIpc) is 2.63. The number of carbonyl (C=O) groups excluding carboxylic acids is 2.